The lowest BCUT2D eigenvalue weighted by atomic mass is 9.83. The van der Waals surface area contributed by atoms with Crippen molar-refractivity contribution in [1.82, 2.24) is 0 Å². The summed E-state index contributed by atoms with van der Waals surface area (Å²) in [4.78, 5) is 0. The molecule has 60 valence electrons. The van der Waals surface area contributed by atoms with Gasteiger partial charge in [0.1, 0.15) is 0 Å². The van der Waals surface area contributed by atoms with Crippen LogP contribution in [0.15, 0.2) is 0 Å². The van der Waals surface area contributed by atoms with Gasteiger partial charge in [-0.3, -0.25) is 0 Å². The first-order chi connectivity index (χ1) is 4.41. The van der Waals surface area contributed by atoms with Crippen LogP contribution in [0.3, 0.4) is 0 Å². The van der Waals surface area contributed by atoms with Crippen LogP contribution in [-0.4, -0.2) is 22.2 Å². The van der Waals surface area contributed by atoms with Gasteiger partial charge in [0.25, 0.3) is 0 Å². The fourth-order valence-electron chi connectivity index (χ4n) is 1.68. The molecular formula is C8H16OS. The molecule has 1 unspecified atom stereocenters. The van der Waals surface area contributed by atoms with E-state index in [2.05, 4.69) is 13.8 Å². The van der Waals surface area contributed by atoms with Gasteiger partial charge in [0.05, 0.1) is 5.60 Å². The van der Waals surface area contributed by atoms with Gasteiger partial charge < -0.3 is 5.11 Å². The molecule has 1 aliphatic rings. The maximum absolute atomic E-state index is 9.69. The standard InChI is InChI=1S/C8H16OS/c1-7(2)4-8(3,9)6-10-5-7/h9H,4-6H2,1-3H3. The van der Waals surface area contributed by atoms with E-state index in [1.165, 1.54) is 5.75 Å². The van der Waals surface area contributed by atoms with E-state index in [4.69, 9.17) is 0 Å². The third kappa shape index (κ3) is 2.17. The summed E-state index contributed by atoms with van der Waals surface area (Å²) in [5.41, 5.74) is -0.0984. The third-order valence-corrected chi connectivity index (χ3v) is 3.58. The lowest BCUT2D eigenvalue weighted by Crippen LogP contribution is -2.39. The molecule has 0 aromatic rings. The van der Waals surface area contributed by atoms with Crippen LogP contribution in [0.2, 0.25) is 0 Å². The summed E-state index contributed by atoms with van der Waals surface area (Å²) in [6, 6.07) is 0. The van der Waals surface area contributed by atoms with Gasteiger partial charge in [-0.1, -0.05) is 13.8 Å². The molecule has 1 nitrogen and oxygen atoms in total. The summed E-state index contributed by atoms with van der Waals surface area (Å²) in [5, 5.41) is 9.69. The SMILES string of the molecule is CC1(C)CSCC(C)(O)C1. The summed E-state index contributed by atoms with van der Waals surface area (Å²) >= 11 is 1.86. The normalized spacial score (nSPS) is 39.6. The summed E-state index contributed by atoms with van der Waals surface area (Å²) < 4.78 is 0. The minimum Gasteiger partial charge on any atom is -0.389 e. The summed E-state index contributed by atoms with van der Waals surface area (Å²) in [6.45, 7) is 6.36. The molecule has 2 heteroatoms. The van der Waals surface area contributed by atoms with Crippen molar-refractivity contribution in [3.63, 3.8) is 0 Å². The fourth-order valence-corrected chi connectivity index (χ4v) is 2.98. The molecule has 0 amide bonds. The van der Waals surface area contributed by atoms with Crippen molar-refractivity contribution < 1.29 is 5.11 Å². The van der Waals surface area contributed by atoms with Gasteiger partial charge in [-0.15, -0.1) is 0 Å². The number of hydrogen-bond acceptors (Lipinski definition) is 2. The van der Waals surface area contributed by atoms with E-state index in [1.54, 1.807) is 0 Å². The van der Waals surface area contributed by atoms with Crippen LogP contribution in [0.1, 0.15) is 27.2 Å². The fraction of sp³-hybridized carbons (Fsp3) is 1.00. The van der Waals surface area contributed by atoms with Crippen LogP contribution >= 0.6 is 11.8 Å². The average molecular weight is 160 g/mol. The molecule has 0 saturated carbocycles. The van der Waals surface area contributed by atoms with E-state index in [0.717, 1.165) is 12.2 Å². The Labute approximate surface area is 67.2 Å². The van der Waals surface area contributed by atoms with Crippen molar-refractivity contribution in [3.05, 3.63) is 0 Å². The zero-order valence-corrected chi connectivity index (χ0v) is 7.79. The van der Waals surface area contributed by atoms with Crippen molar-refractivity contribution >= 4 is 11.8 Å². The Kier molecular flexibility index (Phi) is 2.03. The predicted octanol–water partition coefficient (Wildman–Crippen LogP) is 1.90. The van der Waals surface area contributed by atoms with Crippen molar-refractivity contribution in [3.8, 4) is 0 Å². The maximum Gasteiger partial charge on any atom is 0.0715 e. The van der Waals surface area contributed by atoms with E-state index in [-0.39, 0.29) is 0 Å². The Balaban J connectivity index is 2.56. The van der Waals surface area contributed by atoms with Crippen LogP contribution in [0.25, 0.3) is 0 Å². The van der Waals surface area contributed by atoms with Gasteiger partial charge in [0.15, 0.2) is 0 Å². The van der Waals surface area contributed by atoms with Gasteiger partial charge in [-0.05, 0) is 24.5 Å². The van der Waals surface area contributed by atoms with Crippen molar-refractivity contribution in [2.75, 3.05) is 11.5 Å². The van der Waals surface area contributed by atoms with Crippen LogP contribution in [0.4, 0.5) is 0 Å². The van der Waals surface area contributed by atoms with E-state index in [1.807, 2.05) is 18.7 Å². The van der Waals surface area contributed by atoms with E-state index in [9.17, 15) is 5.11 Å². The van der Waals surface area contributed by atoms with Crippen molar-refractivity contribution in [2.45, 2.75) is 32.8 Å². The molecule has 0 spiro atoms. The van der Waals surface area contributed by atoms with Gasteiger partial charge in [-0.25, -0.2) is 0 Å². The summed E-state index contributed by atoms with van der Waals surface area (Å²) in [7, 11) is 0. The van der Waals surface area contributed by atoms with Gasteiger partial charge in [0, 0.05) is 5.75 Å². The van der Waals surface area contributed by atoms with Crippen LogP contribution in [0.5, 0.6) is 0 Å². The van der Waals surface area contributed by atoms with Gasteiger partial charge in [-0.2, -0.15) is 11.8 Å². The first kappa shape index (κ1) is 8.41. The lowest BCUT2D eigenvalue weighted by molar-refractivity contribution is 0.0374. The molecular weight excluding hydrogens is 144 g/mol. The molecule has 1 atom stereocenters. The van der Waals surface area contributed by atoms with Gasteiger partial charge in [0.2, 0.25) is 0 Å². The minimum absolute atomic E-state index is 0.326. The second-order valence-corrected chi connectivity index (χ2v) is 5.32. The third-order valence-electron chi connectivity index (χ3n) is 1.77. The molecule has 10 heavy (non-hydrogen) atoms. The zero-order chi connectivity index (χ0) is 7.83. The largest absolute Gasteiger partial charge is 0.389 e. The Hall–Kier alpha value is 0.310. The highest BCUT2D eigenvalue weighted by atomic mass is 32.2. The van der Waals surface area contributed by atoms with Gasteiger partial charge >= 0.3 is 0 Å². The van der Waals surface area contributed by atoms with Crippen molar-refractivity contribution in [2.24, 2.45) is 5.41 Å². The molecule has 0 radical (unpaired) electrons. The minimum atomic E-state index is -0.424. The molecule has 0 bridgehead atoms. The molecule has 1 N–H and O–H groups in total. The highest BCUT2D eigenvalue weighted by Gasteiger charge is 2.34. The first-order valence-electron chi connectivity index (χ1n) is 3.72. The second kappa shape index (κ2) is 2.42. The molecule has 1 rings (SSSR count). The van der Waals surface area contributed by atoms with Crippen LogP contribution < -0.4 is 0 Å². The van der Waals surface area contributed by atoms with E-state index in [0.29, 0.717) is 5.41 Å². The topological polar surface area (TPSA) is 20.2 Å². The molecule has 1 aliphatic heterocycles. The Bertz CT molecular complexity index is 115. The van der Waals surface area contributed by atoms with E-state index >= 15 is 0 Å². The number of aliphatic hydroxyl groups is 1. The molecule has 0 aromatic heterocycles. The Morgan fingerprint density at radius 2 is 1.80 bits per heavy atom. The monoisotopic (exact) mass is 160 g/mol. The van der Waals surface area contributed by atoms with Crippen molar-refractivity contribution in [1.29, 1.82) is 0 Å². The first-order valence-corrected chi connectivity index (χ1v) is 4.87. The molecule has 1 saturated heterocycles. The second-order valence-electron chi connectivity index (χ2n) is 4.33. The Morgan fingerprint density at radius 3 is 2.10 bits per heavy atom. The Morgan fingerprint density at radius 1 is 1.20 bits per heavy atom. The molecule has 0 aromatic carbocycles. The number of hydrogen-bond donors (Lipinski definition) is 1. The average Bonchev–Trinajstić information content (AvgIpc) is 1.56. The summed E-state index contributed by atoms with van der Waals surface area (Å²) in [6.07, 6.45) is 0.938. The van der Waals surface area contributed by atoms with E-state index < -0.39 is 5.60 Å². The smallest absolute Gasteiger partial charge is 0.0715 e. The highest BCUT2D eigenvalue weighted by Crippen LogP contribution is 2.38. The van der Waals surface area contributed by atoms with Crippen LogP contribution in [0, 0.1) is 5.41 Å². The maximum atomic E-state index is 9.69. The zero-order valence-electron chi connectivity index (χ0n) is 6.98. The number of thioether (sulfide) groups is 1. The number of rotatable bonds is 0. The molecule has 1 fully saturated rings. The molecule has 0 aliphatic carbocycles. The quantitative estimate of drug-likeness (QED) is 0.584. The lowest BCUT2D eigenvalue weighted by Gasteiger charge is -2.38. The highest BCUT2D eigenvalue weighted by molar-refractivity contribution is 7.99. The van der Waals surface area contributed by atoms with Crippen LogP contribution in [-0.2, 0) is 0 Å². The molecule has 1 heterocycles. The summed E-state index contributed by atoms with van der Waals surface area (Å²) in [5.74, 6) is 2.08. The predicted molar refractivity (Wildman–Crippen MR) is 46.3 cm³/mol.